The molecule has 2 fully saturated rings. The summed E-state index contributed by atoms with van der Waals surface area (Å²) < 4.78 is 0. The molecule has 2 atom stereocenters. The smallest absolute Gasteiger partial charge is 0.0105 e. The van der Waals surface area contributed by atoms with E-state index in [-0.39, 0.29) is 0 Å². The van der Waals surface area contributed by atoms with Crippen LogP contribution in [0.25, 0.3) is 0 Å². The average molecular weight is 224 g/mol. The maximum absolute atomic E-state index is 6.22. The van der Waals surface area contributed by atoms with Crippen LogP contribution in [0.5, 0.6) is 0 Å². The minimum Gasteiger partial charge on any atom is -0.327 e. The first-order chi connectivity index (χ1) is 7.71. The summed E-state index contributed by atoms with van der Waals surface area (Å²) in [5, 5.41) is 3.79. The lowest BCUT2D eigenvalue weighted by Gasteiger charge is -2.31. The molecule has 2 aliphatic carbocycles. The van der Waals surface area contributed by atoms with E-state index in [4.69, 9.17) is 5.73 Å². The molecule has 3 N–H and O–H groups in total. The van der Waals surface area contributed by atoms with Crippen LogP contribution >= 0.6 is 0 Å². The fourth-order valence-electron chi connectivity index (χ4n) is 3.34. The van der Waals surface area contributed by atoms with Crippen molar-refractivity contribution in [2.45, 2.75) is 76.8 Å². The van der Waals surface area contributed by atoms with Crippen molar-refractivity contribution in [1.29, 1.82) is 0 Å². The van der Waals surface area contributed by atoms with Crippen molar-refractivity contribution < 1.29 is 0 Å². The molecular formula is C14H28N2. The Labute approximate surface area is 100 Å². The lowest BCUT2D eigenvalue weighted by atomic mass is 9.85. The molecule has 16 heavy (non-hydrogen) atoms. The standard InChI is InChI=1S/C14H28N2/c1-14(10-6-9-13(14)15)11-16-12-7-4-2-3-5-8-12/h12-13,16H,2-11,15H2,1H3. The number of nitrogens with two attached hydrogens (primary N) is 1. The van der Waals surface area contributed by atoms with Crippen molar-refractivity contribution >= 4 is 0 Å². The quantitative estimate of drug-likeness (QED) is 0.723. The van der Waals surface area contributed by atoms with Crippen molar-refractivity contribution in [3.8, 4) is 0 Å². The molecule has 94 valence electrons. The topological polar surface area (TPSA) is 38.0 Å². The first-order valence-corrected chi connectivity index (χ1v) is 7.20. The highest BCUT2D eigenvalue weighted by Crippen LogP contribution is 2.36. The number of hydrogen-bond donors (Lipinski definition) is 2. The highest BCUT2D eigenvalue weighted by molar-refractivity contribution is 4.93. The fraction of sp³-hybridized carbons (Fsp3) is 1.00. The molecule has 0 heterocycles. The Balaban J connectivity index is 1.77. The first kappa shape index (κ1) is 12.4. The van der Waals surface area contributed by atoms with Crippen molar-refractivity contribution in [1.82, 2.24) is 5.32 Å². The van der Waals surface area contributed by atoms with Gasteiger partial charge in [0.15, 0.2) is 0 Å². The van der Waals surface area contributed by atoms with Crippen LogP contribution in [0.2, 0.25) is 0 Å². The summed E-state index contributed by atoms with van der Waals surface area (Å²) in [6.45, 7) is 3.51. The molecule has 0 amide bonds. The molecule has 2 aliphatic rings. The van der Waals surface area contributed by atoms with E-state index < -0.39 is 0 Å². The maximum Gasteiger partial charge on any atom is 0.0105 e. The van der Waals surface area contributed by atoms with Crippen molar-refractivity contribution in [2.75, 3.05) is 6.54 Å². The minimum absolute atomic E-state index is 0.367. The zero-order valence-electron chi connectivity index (χ0n) is 10.8. The Morgan fingerprint density at radius 3 is 2.31 bits per heavy atom. The van der Waals surface area contributed by atoms with Gasteiger partial charge in [0.25, 0.3) is 0 Å². The van der Waals surface area contributed by atoms with E-state index in [0.29, 0.717) is 11.5 Å². The third-order valence-electron chi connectivity index (χ3n) is 4.81. The van der Waals surface area contributed by atoms with Gasteiger partial charge in [-0.15, -0.1) is 0 Å². The van der Waals surface area contributed by atoms with Crippen molar-refractivity contribution in [3.05, 3.63) is 0 Å². The van der Waals surface area contributed by atoms with Gasteiger partial charge < -0.3 is 11.1 Å². The maximum atomic E-state index is 6.22. The summed E-state index contributed by atoms with van der Waals surface area (Å²) in [7, 11) is 0. The molecule has 0 aromatic heterocycles. The fourth-order valence-corrected chi connectivity index (χ4v) is 3.34. The molecule has 2 heteroatoms. The zero-order valence-corrected chi connectivity index (χ0v) is 10.8. The average Bonchev–Trinajstić information content (AvgIpc) is 2.52. The molecule has 2 nitrogen and oxygen atoms in total. The first-order valence-electron chi connectivity index (χ1n) is 7.20. The lowest BCUT2D eigenvalue weighted by Crippen LogP contribution is -2.45. The van der Waals surface area contributed by atoms with Crippen LogP contribution in [0.1, 0.15) is 64.7 Å². The zero-order chi connectivity index (χ0) is 11.4. The van der Waals surface area contributed by atoms with Crippen LogP contribution in [-0.2, 0) is 0 Å². The van der Waals surface area contributed by atoms with Gasteiger partial charge in [-0.1, -0.05) is 39.0 Å². The molecule has 0 aromatic rings. The summed E-state index contributed by atoms with van der Waals surface area (Å²) in [6.07, 6.45) is 12.3. The van der Waals surface area contributed by atoms with Gasteiger partial charge in [-0.2, -0.15) is 0 Å². The number of nitrogens with one attached hydrogen (secondary N) is 1. The van der Waals surface area contributed by atoms with Crippen LogP contribution in [0.4, 0.5) is 0 Å². The Bertz CT molecular complexity index is 209. The van der Waals surface area contributed by atoms with E-state index in [1.165, 1.54) is 57.8 Å². The molecule has 0 saturated heterocycles. The van der Waals surface area contributed by atoms with Gasteiger partial charge in [0.1, 0.15) is 0 Å². The van der Waals surface area contributed by atoms with Gasteiger partial charge in [0.2, 0.25) is 0 Å². The Hall–Kier alpha value is -0.0800. The van der Waals surface area contributed by atoms with E-state index >= 15 is 0 Å². The number of rotatable bonds is 3. The molecule has 2 rings (SSSR count). The summed E-state index contributed by atoms with van der Waals surface area (Å²) in [5.74, 6) is 0. The summed E-state index contributed by atoms with van der Waals surface area (Å²) in [6, 6.07) is 1.19. The predicted molar refractivity (Wildman–Crippen MR) is 69.4 cm³/mol. The highest BCUT2D eigenvalue weighted by Gasteiger charge is 2.36. The van der Waals surface area contributed by atoms with Crippen LogP contribution in [0, 0.1) is 5.41 Å². The lowest BCUT2D eigenvalue weighted by molar-refractivity contribution is 0.258. The predicted octanol–water partition coefficient (Wildman–Crippen LogP) is 2.82. The molecule has 2 unspecified atom stereocenters. The van der Waals surface area contributed by atoms with Gasteiger partial charge in [-0.25, -0.2) is 0 Å². The molecule has 0 spiro atoms. The van der Waals surface area contributed by atoms with Gasteiger partial charge >= 0.3 is 0 Å². The van der Waals surface area contributed by atoms with E-state index in [1.807, 2.05) is 0 Å². The molecule has 2 saturated carbocycles. The van der Waals surface area contributed by atoms with Gasteiger partial charge in [-0.05, 0) is 31.1 Å². The van der Waals surface area contributed by atoms with Crippen molar-refractivity contribution in [2.24, 2.45) is 11.1 Å². The Morgan fingerprint density at radius 2 is 1.75 bits per heavy atom. The SMILES string of the molecule is CC1(CNC2CCCCCC2)CCCC1N. The van der Waals surface area contributed by atoms with Crippen molar-refractivity contribution in [3.63, 3.8) is 0 Å². The summed E-state index contributed by atoms with van der Waals surface area (Å²) >= 11 is 0. The molecular weight excluding hydrogens is 196 g/mol. The van der Waals surface area contributed by atoms with E-state index in [1.54, 1.807) is 0 Å². The largest absolute Gasteiger partial charge is 0.327 e. The van der Waals surface area contributed by atoms with E-state index in [2.05, 4.69) is 12.2 Å². The van der Waals surface area contributed by atoms with E-state index in [0.717, 1.165) is 12.6 Å². The van der Waals surface area contributed by atoms with E-state index in [9.17, 15) is 0 Å². The molecule has 0 bridgehead atoms. The second-order valence-electron chi connectivity index (χ2n) is 6.22. The second kappa shape index (κ2) is 5.50. The minimum atomic E-state index is 0.367. The molecule has 0 aromatic carbocycles. The highest BCUT2D eigenvalue weighted by atomic mass is 14.9. The second-order valence-corrected chi connectivity index (χ2v) is 6.22. The summed E-state index contributed by atoms with van der Waals surface area (Å²) in [4.78, 5) is 0. The number of hydrogen-bond acceptors (Lipinski definition) is 2. The van der Waals surface area contributed by atoms with Gasteiger partial charge in [0, 0.05) is 18.6 Å². The third kappa shape index (κ3) is 2.98. The molecule has 0 aliphatic heterocycles. The van der Waals surface area contributed by atoms with Crippen LogP contribution in [-0.4, -0.2) is 18.6 Å². The van der Waals surface area contributed by atoms with Crippen LogP contribution < -0.4 is 11.1 Å². The van der Waals surface area contributed by atoms with Gasteiger partial charge in [0.05, 0.1) is 0 Å². The van der Waals surface area contributed by atoms with Gasteiger partial charge in [-0.3, -0.25) is 0 Å². The Morgan fingerprint density at radius 1 is 1.06 bits per heavy atom. The van der Waals surface area contributed by atoms with Crippen LogP contribution in [0.3, 0.4) is 0 Å². The third-order valence-corrected chi connectivity index (χ3v) is 4.81. The monoisotopic (exact) mass is 224 g/mol. The Kier molecular flexibility index (Phi) is 4.26. The molecule has 0 radical (unpaired) electrons. The van der Waals surface area contributed by atoms with Crippen LogP contribution in [0.15, 0.2) is 0 Å². The normalized spacial score (nSPS) is 37.5. The summed E-state index contributed by atoms with van der Waals surface area (Å²) in [5.41, 5.74) is 6.59.